The molecule has 0 aliphatic rings. The summed E-state index contributed by atoms with van der Waals surface area (Å²) in [6.45, 7) is 7.66. The van der Waals surface area contributed by atoms with Crippen LogP contribution in [-0.2, 0) is 22.7 Å². The Balaban J connectivity index is 1.50. The SMILES string of the molecule is C[Si](C)(C)CCOCn1cc(Cl)c2c(Oc3c(F)cc(CC(=O)Oc4ccccc4)cc3F)ccnc21. The molecule has 0 fully saturated rings. The molecule has 0 aliphatic carbocycles. The fraction of sp³-hybridized carbons (Fsp3) is 0.259. The molecule has 10 heteroatoms. The molecule has 2 heterocycles. The highest BCUT2D eigenvalue weighted by Gasteiger charge is 2.20. The predicted molar refractivity (Wildman–Crippen MR) is 141 cm³/mol. The fourth-order valence-corrected chi connectivity index (χ4v) is 4.66. The number of carbonyl (C=O) groups is 1. The van der Waals surface area contributed by atoms with E-state index in [1.54, 1.807) is 41.1 Å². The van der Waals surface area contributed by atoms with Crippen LogP contribution in [0.2, 0.25) is 30.7 Å². The number of fused-ring (bicyclic) bond motifs is 1. The van der Waals surface area contributed by atoms with E-state index in [9.17, 15) is 13.6 Å². The van der Waals surface area contributed by atoms with E-state index >= 15 is 0 Å². The standard InChI is InChI=1S/C27H27ClF2N2O4Si/c1-37(2,3)12-11-34-17-32-16-20(28)25-23(9-10-31-27(25)32)36-26-21(29)13-18(14-22(26)30)15-24(33)35-19-7-5-4-6-8-19/h4-10,13-14,16H,11-12,15,17H2,1-3H3. The Morgan fingerprint density at radius 1 is 1.08 bits per heavy atom. The summed E-state index contributed by atoms with van der Waals surface area (Å²) in [6.07, 6.45) is 2.81. The largest absolute Gasteiger partial charge is 0.450 e. The van der Waals surface area contributed by atoms with Gasteiger partial charge in [-0.1, -0.05) is 49.4 Å². The summed E-state index contributed by atoms with van der Waals surface area (Å²) >= 11 is 6.43. The van der Waals surface area contributed by atoms with Crippen LogP contribution in [0, 0.1) is 11.6 Å². The fourth-order valence-electron chi connectivity index (χ4n) is 3.61. The normalized spacial score (nSPS) is 11.6. The van der Waals surface area contributed by atoms with Crippen LogP contribution in [0.25, 0.3) is 11.0 Å². The van der Waals surface area contributed by atoms with Crippen LogP contribution >= 0.6 is 11.6 Å². The van der Waals surface area contributed by atoms with Crippen molar-refractivity contribution in [2.24, 2.45) is 0 Å². The molecule has 0 amide bonds. The molecule has 6 nitrogen and oxygen atoms in total. The summed E-state index contributed by atoms with van der Waals surface area (Å²) in [7, 11) is -1.23. The van der Waals surface area contributed by atoms with E-state index in [0.29, 0.717) is 28.4 Å². The van der Waals surface area contributed by atoms with Gasteiger partial charge in [-0.15, -0.1) is 0 Å². The number of nitrogens with zero attached hydrogens (tertiary/aromatic N) is 2. The molecule has 0 bridgehead atoms. The number of aromatic nitrogens is 2. The second kappa shape index (κ2) is 11.4. The molecule has 0 unspecified atom stereocenters. The average Bonchev–Trinajstić information content (AvgIpc) is 3.15. The maximum atomic E-state index is 14.9. The molecule has 0 aliphatic heterocycles. The Labute approximate surface area is 219 Å². The molecular weight excluding hydrogens is 518 g/mol. The highest BCUT2D eigenvalue weighted by Crippen LogP contribution is 2.37. The Kier molecular flexibility index (Phi) is 8.26. The quantitative estimate of drug-likeness (QED) is 0.0912. The molecule has 0 saturated heterocycles. The van der Waals surface area contributed by atoms with Crippen LogP contribution in [0.4, 0.5) is 8.78 Å². The lowest BCUT2D eigenvalue weighted by molar-refractivity contribution is -0.133. The predicted octanol–water partition coefficient (Wildman–Crippen LogP) is 7.22. The number of hydrogen-bond acceptors (Lipinski definition) is 5. The third-order valence-corrected chi connectivity index (χ3v) is 7.48. The van der Waals surface area contributed by atoms with E-state index in [4.69, 9.17) is 25.8 Å². The van der Waals surface area contributed by atoms with Crippen molar-refractivity contribution in [1.82, 2.24) is 9.55 Å². The molecule has 2 aromatic carbocycles. The minimum absolute atomic E-state index is 0.114. The highest BCUT2D eigenvalue weighted by molar-refractivity contribution is 6.76. The van der Waals surface area contributed by atoms with E-state index < -0.39 is 31.4 Å². The van der Waals surface area contributed by atoms with Gasteiger partial charge in [0.05, 0.1) is 16.8 Å². The van der Waals surface area contributed by atoms with E-state index in [0.717, 1.165) is 18.2 Å². The van der Waals surface area contributed by atoms with Gasteiger partial charge >= 0.3 is 5.97 Å². The first-order valence-electron chi connectivity index (χ1n) is 11.7. The maximum Gasteiger partial charge on any atom is 0.315 e. The summed E-state index contributed by atoms with van der Waals surface area (Å²) in [5, 5.41) is 0.722. The average molecular weight is 545 g/mol. The van der Waals surface area contributed by atoms with Crippen molar-refractivity contribution in [2.45, 2.75) is 38.8 Å². The summed E-state index contributed by atoms with van der Waals surface area (Å²) in [5.74, 6) is -2.68. The molecule has 0 atom stereocenters. The summed E-state index contributed by atoms with van der Waals surface area (Å²) in [5.41, 5.74) is 0.583. The zero-order valence-electron chi connectivity index (χ0n) is 20.8. The van der Waals surface area contributed by atoms with Gasteiger partial charge in [0.1, 0.15) is 23.9 Å². The number of esters is 1. The molecule has 0 N–H and O–H groups in total. The molecular formula is C27H27ClF2N2O4Si. The number of pyridine rings is 1. The zero-order chi connectivity index (χ0) is 26.6. The smallest absolute Gasteiger partial charge is 0.315 e. The molecule has 2 aromatic heterocycles. The molecule has 194 valence electrons. The molecule has 4 rings (SSSR count). The molecule has 0 saturated carbocycles. The van der Waals surface area contributed by atoms with Crippen molar-refractivity contribution < 1.29 is 27.8 Å². The number of hydrogen-bond donors (Lipinski definition) is 0. The number of halogens is 3. The van der Waals surface area contributed by atoms with E-state index in [1.807, 2.05) is 0 Å². The van der Waals surface area contributed by atoms with Gasteiger partial charge in [-0.2, -0.15) is 0 Å². The lowest BCUT2D eigenvalue weighted by Gasteiger charge is -2.15. The van der Waals surface area contributed by atoms with E-state index in [-0.39, 0.29) is 24.5 Å². The third kappa shape index (κ3) is 6.94. The van der Waals surface area contributed by atoms with Crippen molar-refractivity contribution in [3.63, 3.8) is 0 Å². The number of rotatable bonds is 10. The second-order valence-corrected chi connectivity index (χ2v) is 15.8. The van der Waals surface area contributed by atoms with Crippen molar-refractivity contribution in [3.05, 3.63) is 83.1 Å². The lowest BCUT2D eigenvalue weighted by Crippen LogP contribution is -2.22. The zero-order valence-corrected chi connectivity index (χ0v) is 22.5. The van der Waals surface area contributed by atoms with Crippen LogP contribution in [0.1, 0.15) is 5.56 Å². The topological polar surface area (TPSA) is 62.6 Å². The molecule has 0 radical (unpaired) electrons. The second-order valence-electron chi connectivity index (χ2n) is 9.76. The van der Waals surface area contributed by atoms with Crippen molar-refractivity contribution in [1.29, 1.82) is 0 Å². The first-order chi connectivity index (χ1) is 17.6. The van der Waals surface area contributed by atoms with Crippen LogP contribution in [0.3, 0.4) is 0 Å². The Morgan fingerprint density at radius 3 is 2.46 bits per heavy atom. The van der Waals surface area contributed by atoms with Gasteiger partial charge in [0.2, 0.25) is 0 Å². The number of carbonyl (C=O) groups excluding carboxylic acids is 1. The third-order valence-electron chi connectivity index (χ3n) is 5.49. The monoisotopic (exact) mass is 544 g/mol. The summed E-state index contributed by atoms with van der Waals surface area (Å²) in [6, 6.07) is 13.0. The maximum absolute atomic E-state index is 14.9. The minimum atomic E-state index is -1.23. The van der Waals surface area contributed by atoms with E-state index in [2.05, 4.69) is 24.6 Å². The Bertz CT molecular complexity index is 1380. The Hall–Kier alpha value is -3.27. The van der Waals surface area contributed by atoms with Crippen LogP contribution in [-0.4, -0.2) is 30.2 Å². The van der Waals surface area contributed by atoms with Gasteiger partial charge in [0.25, 0.3) is 0 Å². The summed E-state index contributed by atoms with van der Waals surface area (Å²) < 4.78 is 48.1. The van der Waals surface area contributed by atoms with Crippen LogP contribution in [0.15, 0.2) is 60.9 Å². The van der Waals surface area contributed by atoms with Crippen molar-refractivity contribution >= 4 is 36.7 Å². The molecule has 37 heavy (non-hydrogen) atoms. The number of para-hydroxylation sites is 1. The Morgan fingerprint density at radius 2 is 1.78 bits per heavy atom. The number of ether oxygens (including phenoxy) is 3. The van der Waals surface area contributed by atoms with Gasteiger partial charge in [0.15, 0.2) is 17.4 Å². The van der Waals surface area contributed by atoms with Gasteiger partial charge in [-0.05, 0) is 41.9 Å². The van der Waals surface area contributed by atoms with Gasteiger partial charge in [0, 0.05) is 27.1 Å². The lowest BCUT2D eigenvalue weighted by atomic mass is 10.1. The van der Waals surface area contributed by atoms with Gasteiger partial charge < -0.3 is 18.8 Å². The van der Waals surface area contributed by atoms with Crippen molar-refractivity contribution in [2.75, 3.05) is 6.61 Å². The summed E-state index contributed by atoms with van der Waals surface area (Å²) in [4.78, 5) is 16.5. The number of benzene rings is 2. The van der Waals surface area contributed by atoms with E-state index in [1.165, 1.54) is 12.3 Å². The first kappa shape index (κ1) is 26.8. The van der Waals surface area contributed by atoms with Gasteiger partial charge in [-0.3, -0.25) is 4.79 Å². The molecule has 4 aromatic rings. The first-order valence-corrected chi connectivity index (χ1v) is 15.8. The van der Waals surface area contributed by atoms with Crippen molar-refractivity contribution in [3.8, 4) is 17.2 Å². The highest BCUT2D eigenvalue weighted by atomic mass is 35.5. The van der Waals surface area contributed by atoms with Crippen LogP contribution in [0.5, 0.6) is 17.2 Å². The molecule has 0 spiro atoms. The van der Waals surface area contributed by atoms with Gasteiger partial charge in [-0.25, -0.2) is 13.8 Å². The minimum Gasteiger partial charge on any atom is -0.450 e. The van der Waals surface area contributed by atoms with Crippen LogP contribution < -0.4 is 9.47 Å².